The predicted molar refractivity (Wildman–Crippen MR) is 119 cm³/mol. The fraction of sp³-hybridized carbons (Fsp3) is 0. The minimum absolute atomic E-state index is 0.135. The third kappa shape index (κ3) is 5.97. The highest BCUT2D eigenvalue weighted by molar-refractivity contribution is 9.10. The number of non-ortho nitro benzene ring substituents is 1. The first kappa shape index (κ1) is 22.1. The van der Waals surface area contributed by atoms with Crippen LogP contribution < -0.4 is 10.2 Å². The van der Waals surface area contributed by atoms with Crippen LogP contribution in [0.1, 0.15) is 26.3 Å². The summed E-state index contributed by atoms with van der Waals surface area (Å²) in [6, 6.07) is 16.2. The van der Waals surface area contributed by atoms with Gasteiger partial charge in [0.1, 0.15) is 5.75 Å². The molecule has 0 aliphatic carbocycles. The molecule has 3 aromatic carbocycles. The van der Waals surface area contributed by atoms with Crippen LogP contribution in [-0.4, -0.2) is 23.0 Å². The SMILES string of the molecule is O=C(N/N=C\c1cc(Br)ccc1OC(=O)c1ccc([N+](=O)[O-])cc1)c1ccc(Cl)cc1. The maximum absolute atomic E-state index is 12.4. The highest BCUT2D eigenvalue weighted by atomic mass is 79.9. The molecule has 0 fully saturated rings. The number of carbonyl (C=O) groups is 2. The summed E-state index contributed by atoms with van der Waals surface area (Å²) < 4.78 is 6.10. The van der Waals surface area contributed by atoms with Crippen LogP contribution in [0.25, 0.3) is 0 Å². The number of nitrogens with zero attached hydrogens (tertiary/aromatic N) is 2. The smallest absolute Gasteiger partial charge is 0.343 e. The van der Waals surface area contributed by atoms with E-state index < -0.39 is 16.8 Å². The molecule has 0 radical (unpaired) electrons. The molecule has 0 unspecified atom stereocenters. The van der Waals surface area contributed by atoms with E-state index in [4.69, 9.17) is 16.3 Å². The van der Waals surface area contributed by atoms with Crippen molar-refractivity contribution in [3.63, 3.8) is 0 Å². The van der Waals surface area contributed by atoms with Crippen LogP contribution in [0.15, 0.2) is 76.3 Å². The lowest BCUT2D eigenvalue weighted by atomic mass is 10.2. The van der Waals surface area contributed by atoms with E-state index in [-0.39, 0.29) is 17.0 Å². The summed E-state index contributed by atoms with van der Waals surface area (Å²) >= 11 is 9.13. The molecule has 1 amide bonds. The third-order valence-corrected chi connectivity index (χ3v) is 4.71. The fourth-order valence-corrected chi connectivity index (χ4v) is 2.92. The standard InChI is InChI=1S/C21H13BrClN3O5/c22-16-5-10-19(31-21(28)14-3-8-18(9-4-14)26(29)30)15(11-16)12-24-25-20(27)13-1-6-17(23)7-2-13/h1-12H,(H,25,27)/b24-12-. The van der Waals surface area contributed by atoms with Crippen molar-refractivity contribution in [2.24, 2.45) is 5.10 Å². The summed E-state index contributed by atoms with van der Waals surface area (Å²) in [7, 11) is 0. The molecule has 3 rings (SSSR count). The third-order valence-electron chi connectivity index (χ3n) is 3.96. The van der Waals surface area contributed by atoms with E-state index in [1.165, 1.54) is 30.5 Å². The normalized spacial score (nSPS) is 10.6. The Morgan fingerprint density at radius 1 is 1.03 bits per heavy atom. The first-order valence-corrected chi connectivity index (χ1v) is 9.86. The predicted octanol–water partition coefficient (Wildman–Crippen LogP) is 4.99. The summed E-state index contributed by atoms with van der Waals surface area (Å²) in [5.41, 5.74) is 3.19. The molecule has 31 heavy (non-hydrogen) atoms. The number of nitro benzene ring substituents is 1. The Hall–Kier alpha value is -3.56. The van der Waals surface area contributed by atoms with Crippen LogP contribution >= 0.6 is 27.5 Å². The average molecular weight is 503 g/mol. The molecular formula is C21H13BrClN3O5. The van der Waals surface area contributed by atoms with E-state index in [1.54, 1.807) is 42.5 Å². The number of halogens is 2. The van der Waals surface area contributed by atoms with E-state index in [0.717, 1.165) is 0 Å². The molecule has 0 saturated carbocycles. The molecule has 0 saturated heterocycles. The second-order valence-corrected chi connectivity index (χ2v) is 7.43. The number of nitro groups is 1. The maximum atomic E-state index is 12.4. The number of hydrogen-bond donors (Lipinski definition) is 1. The van der Waals surface area contributed by atoms with Crippen LogP contribution in [0, 0.1) is 10.1 Å². The molecule has 0 bridgehead atoms. The number of hydrogen-bond acceptors (Lipinski definition) is 6. The highest BCUT2D eigenvalue weighted by Crippen LogP contribution is 2.23. The summed E-state index contributed by atoms with van der Waals surface area (Å²) in [6.07, 6.45) is 1.33. The van der Waals surface area contributed by atoms with Gasteiger partial charge in [-0.2, -0.15) is 5.10 Å². The number of benzene rings is 3. The van der Waals surface area contributed by atoms with E-state index in [1.807, 2.05) is 0 Å². The van der Waals surface area contributed by atoms with Crippen molar-refractivity contribution in [2.75, 3.05) is 0 Å². The number of rotatable bonds is 6. The van der Waals surface area contributed by atoms with Gasteiger partial charge in [0.2, 0.25) is 0 Å². The molecule has 0 aliphatic rings. The largest absolute Gasteiger partial charge is 0.422 e. The number of hydrazone groups is 1. The van der Waals surface area contributed by atoms with E-state index in [2.05, 4.69) is 26.5 Å². The van der Waals surface area contributed by atoms with Crippen LogP contribution in [0.3, 0.4) is 0 Å². The quantitative estimate of drug-likeness (QED) is 0.168. The Morgan fingerprint density at radius 3 is 2.32 bits per heavy atom. The second-order valence-electron chi connectivity index (χ2n) is 6.08. The van der Waals surface area contributed by atoms with Crippen molar-refractivity contribution in [1.82, 2.24) is 5.43 Å². The Morgan fingerprint density at radius 2 is 1.68 bits per heavy atom. The van der Waals surface area contributed by atoms with Gasteiger partial charge in [-0.1, -0.05) is 27.5 Å². The fourth-order valence-electron chi connectivity index (χ4n) is 2.42. The summed E-state index contributed by atoms with van der Waals surface area (Å²) in [4.78, 5) is 34.7. The monoisotopic (exact) mass is 501 g/mol. The van der Waals surface area contributed by atoms with Crippen molar-refractivity contribution < 1.29 is 19.2 Å². The number of carbonyl (C=O) groups excluding carboxylic acids is 2. The zero-order valence-corrected chi connectivity index (χ0v) is 18.0. The van der Waals surface area contributed by atoms with Crippen molar-refractivity contribution in [3.05, 3.63) is 103 Å². The van der Waals surface area contributed by atoms with Crippen molar-refractivity contribution in [3.8, 4) is 5.75 Å². The van der Waals surface area contributed by atoms with Crippen LogP contribution in [0.4, 0.5) is 5.69 Å². The van der Waals surface area contributed by atoms with Gasteiger partial charge in [-0.3, -0.25) is 14.9 Å². The molecule has 0 aromatic heterocycles. The number of amides is 1. The van der Waals surface area contributed by atoms with Crippen molar-refractivity contribution >= 4 is 51.3 Å². The Bertz CT molecular complexity index is 1160. The molecular weight excluding hydrogens is 490 g/mol. The van der Waals surface area contributed by atoms with Gasteiger partial charge in [0.05, 0.1) is 16.7 Å². The molecule has 1 N–H and O–H groups in total. The minimum Gasteiger partial charge on any atom is -0.422 e. The first-order valence-electron chi connectivity index (χ1n) is 8.68. The van der Waals surface area contributed by atoms with Gasteiger partial charge >= 0.3 is 5.97 Å². The van der Waals surface area contributed by atoms with Gasteiger partial charge in [-0.05, 0) is 54.6 Å². The highest BCUT2D eigenvalue weighted by Gasteiger charge is 2.14. The molecule has 0 aliphatic heterocycles. The maximum Gasteiger partial charge on any atom is 0.343 e. The van der Waals surface area contributed by atoms with E-state index >= 15 is 0 Å². The van der Waals surface area contributed by atoms with E-state index in [9.17, 15) is 19.7 Å². The van der Waals surface area contributed by atoms with Gasteiger partial charge in [0.25, 0.3) is 11.6 Å². The van der Waals surface area contributed by atoms with E-state index in [0.29, 0.717) is 20.6 Å². The second kappa shape index (κ2) is 9.96. The Labute approximate surface area is 189 Å². The van der Waals surface area contributed by atoms with Crippen LogP contribution in [0.5, 0.6) is 5.75 Å². The lowest BCUT2D eigenvalue weighted by Crippen LogP contribution is -2.17. The Balaban J connectivity index is 1.73. The molecule has 10 heteroatoms. The van der Waals surface area contributed by atoms with Crippen LogP contribution in [0.2, 0.25) is 5.02 Å². The van der Waals surface area contributed by atoms with Gasteiger partial charge in [0, 0.05) is 32.8 Å². The first-order chi connectivity index (χ1) is 14.8. The van der Waals surface area contributed by atoms with Crippen LogP contribution in [-0.2, 0) is 0 Å². The Kier molecular flexibility index (Phi) is 7.11. The zero-order valence-electron chi connectivity index (χ0n) is 15.6. The van der Waals surface area contributed by atoms with Gasteiger partial charge in [-0.25, -0.2) is 10.2 Å². The lowest BCUT2D eigenvalue weighted by Gasteiger charge is -2.08. The molecule has 8 nitrogen and oxygen atoms in total. The minimum atomic E-state index is -0.697. The molecule has 3 aromatic rings. The van der Waals surface area contributed by atoms with Gasteiger partial charge in [-0.15, -0.1) is 0 Å². The number of ether oxygens (including phenoxy) is 1. The van der Waals surface area contributed by atoms with Crippen molar-refractivity contribution in [1.29, 1.82) is 0 Å². The number of nitrogens with one attached hydrogen (secondary N) is 1. The van der Waals surface area contributed by atoms with Gasteiger partial charge < -0.3 is 4.74 Å². The lowest BCUT2D eigenvalue weighted by molar-refractivity contribution is -0.384. The summed E-state index contributed by atoms with van der Waals surface area (Å²) in [6.45, 7) is 0. The molecule has 0 heterocycles. The molecule has 156 valence electrons. The average Bonchev–Trinajstić information content (AvgIpc) is 2.76. The summed E-state index contributed by atoms with van der Waals surface area (Å²) in [5, 5.41) is 15.2. The summed E-state index contributed by atoms with van der Waals surface area (Å²) in [5.74, 6) is -0.944. The molecule has 0 atom stereocenters. The molecule has 0 spiro atoms. The number of esters is 1. The topological polar surface area (TPSA) is 111 Å². The van der Waals surface area contributed by atoms with Crippen molar-refractivity contribution in [2.45, 2.75) is 0 Å². The zero-order chi connectivity index (χ0) is 22.4. The van der Waals surface area contributed by atoms with Gasteiger partial charge in [0.15, 0.2) is 0 Å².